The molecule has 4 aliphatic rings. The van der Waals surface area contributed by atoms with Gasteiger partial charge in [-0.1, -0.05) is 53.9 Å². The van der Waals surface area contributed by atoms with Crippen molar-refractivity contribution in [3.05, 3.63) is 0 Å². The molecule has 0 radical (unpaired) electrons. The van der Waals surface area contributed by atoms with E-state index in [4.69, 9.17) is 8.92 Å². The van der Waals surface area contributed by atoms with Gasteiger partial charge in [-0.15, -0.1) is 0 Å². The molecular weight excluding hydrogens is 472 g/mol. The van der Waals surface area contributed by atoms with Gasteiger partial charge in [0.05, 0.1) is 12.4 Å². The van der Waals surface area contributed by atoms with E-state index in [-0.39, 0.29) is 23.6 Å². The maximum atomic E-state index is 12.3. The first-order valence-corrected chi connectivity index (χ1v) is 16.6. The molecule has 0 spiro atoms. The monoisotopic (exact) mass is 524 g/mol. The van der Waals surface area contributed by atoms with Crippen LogP contribution in [0.25, 0.3) is 0 Å². The highest BCUT2D eigenvalue weighted by Gasteiger charge is 2.63. The van der Waals surface area contributed by atoms with Crippen molar-refractivity contribution in [3.63, 3.8) is 0 Å². The van der Waals surface area contributed by atoms with Gasteiger partial charge in [-0.2, -0.15) is 8.42 Å². The molecule has 0 aromatic carbocycles. The van der Waals surface area contributed by atoms with Crippen molar-refractivity contribution < 1.29 is 22.1 Å². The summed E-state index contributed by atoms with van der Waals surface area (Å²) in [6, 6.07) is 0. The van der Waals surface area contributed by atoms with Crippen LogP contribution >= 0.6 is 0 Å². The van der Waals surface area contributed by atoms with Gasteiger partial charge in [-0.3, -0.25) is 8.98 Å². The van der Waals surface area contributed by atoms with Crippen LogP contribution in [0.15, 0.2) is 0 Å². The summed E-state index contributed by atoms with van der Waals surface area (Å²) < 4.78 is 35.3. The summed E-state index contributed by atoms with van der Waals surface area (Å²) in [5.41, 5.74) is 0.498. The van der Waals surface area contributed by atoms with Gasteiger partial charge in [-0.25, -0.2) is 0 Å². The number of hydrogen-bond donors (Lipinski definition) is 0. The molecule has 5 unspecified atom stereocenters. The lowest BCUT2D eigenvalue weighted by Crippen LogP contribution is -2.59. The predicted molar refractivity (Wildman–Crippen MR) is 144 cm³/mol. The molecule has 5 nitrogen and oxygen atoms in total. The molecule has 10 atom stereocenters. The number of fused-ring (bicyclic) bond motifs is 5. The standard InChI is InChI=1S/C30H52O5S/c1-19(2)9-8-10-20(3)24-11-12-25-28-26(14-16-30(24,25)6)29(5)15-13-23(35-36(7,32)33)17-22(29)18-27(28)34-21(4)31/h19-20,22-28H,8-18H2,1-7H3/t20?,22-,23+,24-,25?,26?,27?,28?,29+,30-/m1/s1. The summed E-state index contributed by atoms with van der Waals surface area (Å²) in [5, 5.41) is 0. The Morgan fingerprint density at radius 3 is 2.25 bits per heavy atom. The molecule has 0 aromatic heterocycles. The third-order valence-electron chi connectivity index (χ3n) is 11.4. The van der Waals surface area contributed by atoms with Crippen LogP contribution in [0.4, 0.5) is 0 Å². The SMILES string of the molecule is CC(=O)OC1C[C@H]2C[C@@H](OS(C)(=O)=O)CC[C@]2(C)C2CC[C@@]3(C)C(CC[C@@H]3C(C)CCCC(C)C)C12. The van der Waals surface area contributed by atoms with Crippen LogP contribution in [0.5, 0.6) is 0 Å². The van der Waals surface area contributed by atoms with E-state index in [1.165, 1.54) is 44.9 Å². The second-order valence-corrected chi connectivity index (χ2v) is 15.7. The van der Waals surface area contributed by atoms with Crippen molar-refractivity contribution in [2.75, 3.05) is 6.26 Å². The first-order chi connectivity index (χ1) is 16.7. The highest BCUT2D eigenvalue weighted by molar-refractivity contribution is 7.86. The number of esters is 1. The highest BCUT2D eigenvalue weighted by Crippen LogP contribution is 2.69. The van der Waals surface area contributed by atoms with Crippen molar-refractivity contribution in [1.29, 1.82) is 0 Å². The zero-order chi connectivity index (χ0) is 26.5. The largest absolute Gasteiger partial charge is 0.462 e. The smallest absolute Gasteiger partial charge is 0.302 e. The molecule has 0 amide bonds. The van der Waals surface area contributed by atoms with Gasteiger partial charge >= 0.3 is 5.97 Å². The third-order valence-corrected chi connectivity index (χ3v) is 12.1. The predicted octanol–water partition coefficient (Wildman–Crippen LogP) is 6.99. The topological polar surface area (TPSA) is 69.7 Å². The van der Waals surface area contributed by atoms with E-state index in [1.54, 1.807) is 6.92 Å². The molecule has 0 aliphatic heterocycles. The molecule has 0 N–H and O–H groups in total. The lowest BCUT2D eigenvalue weighted by Gasteiger charge is -2.62. The third kappa shape index (κ3) is 5.55. The van der Waals surface area contributed by atoms with Crippen molar-refractivity contribution in [2.24, 2.45) is 52.3 Å². The Bertz CT molecular complexity index is 899. The normalized spacial score (nSPS) is 43.4. The second-order valence-electron chi connectivity index (χ2n) is 14.1. The number of rotatable bonds is 8. The van der Waals surface area contributed by atoms with E-state index in [0.29, 0.717) is 29.1 Å². The van der Waals surface area contributed by atoms with E-state index < -0.39 is 10.1 Å². The van der Waals surface area contributed by atoms with Crippen LogP contribution in [-0.2, 0) is 23.8 Å². The van der Waals surface area contributed by atoms with Gasteiger partial charge in [0.15, 0.2) is 0 Å². The zero-order valence-corrected chi connectivity index (χ0v) is 24.7. The van der Waals surface area contributed by atoms with E-state index in [9.17, 15) is 13.2 Å². The Morgan fingerprint density at radius 1 is 0.944 bits per heavy atom. The number of carbonyl (C=O) groups is 1. The number of carbonyl (C=O) groups excluding carboxylic acids is 1. The van der Waals surface area contributed by atoms with Gasteiger partial charge in [0.25, 0.3) is 10.1 Å². The van der Waals surface area contributed by atoms with Gasteiger partial charge in [0.1, 0.15) is 6.10 Å². The fourth-order valence-electron chi connectivity index (χ4n) is 9.85. The lowest BCUT2D eigenvalue weighted by atomic mass is 9.43. The highest BCUT2D eigenvalue weighted by atomic mass is 32.2. The maximum Gasteiger partial charge on any atom is 0.302 e. The first kappa shape index (κ1) is 28.4. The van der Waals surface area contributed by atoms with Crippen molar-refractivity contribution >= 4 is 16.1 Å². The molecule has 0 aromatic rings. The Kier molecular flexibility index (Phi) is 8.29. The zero-order valence-electron chi connectivity index (χ0n) is 23.9. The molecule has 6 heteroatoms. The fraction of sp³-hybridized carbons (Fsp3) is 0.967. The Balaban J connectivity index is 1.56. The van der Waals surface area contributed by atoms with Crippen molar-refractivity contribution in [1.82, 2.24) is 0 Å². The minimum absolute atomic E-state index is 0.0535. The Morgan fingerprint density at radius 2 is 1.61 bits per heavy atom. The molecule has 0 heterocycles. The van der Waals surface area contributed by atoms with Crippen molar-refractivity contribution in [3.8, 4) is 0 Å². The summed E-state index contributed by atoms with van der Waals surface area (Å²) in [4.78, 5) is 12.3. The lowest BCUT2D eigenvalue weighted by molar-refractivity contribution is -0.193. The molecule has 0 saturated heterocycles. The summed E-state index contributed by atoms with van der Waals surface area (Å²) in [7, 11) is -3.47. The Labute approximate surface area is 221 Å². The summed E-state index contributed by atoms with van der Waals surface area (Å²) in [6.07, 6.45) is 13.3. The van der Waals surface area contributed by atoms with Crippen LogP contribution < -0.4 is 0 Å². The first-order valence-electron chi connectivity index (χ1n) is 14.8. The van der Waals surface area contributed by atoms with E-state index in [2.05, 4.69) is 34.6 Å². The van der Waals surface area contributed by atoms with Gasteiger partial charge < -0.3 is 4.74 Å². The van der Waals surface area contributed by atoms with Crippen LogP contribution in [0.2, 0.25) is 0 Å². The minimum Gasteiger partial charge on any atom is -0.462 e. The van der Waals surface area contributed by atoms with Gasteiger partial charge in [-0.05, 0) is 97.7 Å². The van der Waals surface area contributed by atoms with E-state index in [0.717, 1.165) is 49.7 Å². The van der Waals surface area contributed by atoms with E-state index in [1.807, 2.05) is 0 Å². The maximum absolute atomic E-state index is 12.3. The van der Waals surface area contributed by atoms with Crippen LogP contribution in [0, 0.1) is 52.3 Å². The van der Waals surface area contributed by atoms with Crippen LogP contribution in [0.1, 0.15) is 112 Å². The minimum atomic E-state index is -3.47. The van der Waals surface area contributed by atoms with Gasteiger partial charge in [0, 0.05) is 12.8 Å². The summed E-state index contributed by atoms with van der Waals surface area (Å²) >= 11 is 0. The quantitative estimate of drug-likeness (QED) is 0.253. The summed E-state index contributed by atoms with van der Waals surface area (Å²) in [6.45, 7) is 13.7. The van der Waals surface area contributed by atoms with E-state index >= 15 is 0 Å². The molecule has 4 aliphatic carbocycles. The average Bonchev–Trinajstić information content (AvgIpc) is 3.10. The Hall–Kier alpha value is -0.620. The van der Waals surface area contributed by atoms with Crippen LogP contribution in [0.3, 0.4) is 0 Å². The summed E-state index contributed by atoms with van der Waals surface area (Å²) in [5.74, 6) is 4.02. The molecule has 0 bridgehead atoms. The molecule has 36 heavy (non-hydrogen) atoms. The molecule has 4 saturated carbocycles. The number of hydrogen-bond acceptors (Lipinski definition) is 5. The molecule has 208 valence electrons. The molecule has 4 rings (SSSR count). The molecular formula is C30H52O5S. The molecule has 4 fully saturated rings. The fourth-order valence-corrected chi connectivity index (χ4v) is 10.5. The number of ether oxygens (including phenoxy) is 1. The van der Waals surface area contributed by atoms with Crippen LogP contribution in [-0.4, -0.2) is 32.9 Å². The average molecular weight is 525 g/mol. The van der Waals surface area contributed by atoms with Crippen molar-refractivity contribution in [2.45, 2.75) is 124 Å². The van der Waals surface area contributed by atoms with Gasteiger partial charge in [0.2, 0.25) is 0 Å². The second kappa shape index (κ2) is 10.5.